The van der Waals surface area contributed by atoms with E-state index in [4.69, 9.17) is 20.9 Å². The SMILES string of the molecule is CC(C)C[C@@H](NC(C)C)C(=O)NC(C)(C)c1cc(C(F)(F)F)cc(C(F)(F)F)c1.CN[C@H](CC(C)C)C(=O)NC1(c2cc(C(F)(F)F)cc(C(F)(F)F)c2)CC1.CN[C@H](CC(C)C)C(=O)NCc1cc(C(F)(F)F)cc(C(F)(F)F)c1.COC[C@@H](N)C(=O)NCC(=O)CC(C)(C)c1cc(C(C)(F)F)cc(C(F)(F)F)c1.COC[C@@H](N)C(=O)NCC(=O)CC1(c2cc(C(C)(F)F)cc(C(F)(F)F)c2)CC1. The highest BCUT2D eigenvalue weighted by atomic mass is 19.4. The van der Waals surface area contributed by atoms with E-state index >= 15 is 0 Å². The van der Waals surface area contributed by atoms with E-state index in [0.717, 1.165) is 24.3 Å². The van der Waals surface area contributed by atoms with E-state index in [-0.39, 0.29) is 115 Å². The first-order valence-corrected chi connectivity index (χ1v) is 43.1. The molecule has 2 aliphatic rings. The molecule has 0 spiro atoms. The van der Waals surface area contributed by atoms with E-state index in [2.05, 4.69) is 42.5 Å². The molecule has 12 N–H and O–H groups in total. The van der Waals surface area contributed by atoms with Crippen LogP contribution in [0, 0.1) is 17.8 Å². The summed E-state index contributed by atoms with van der Waals surface area (Å²) < 4.78 is 377. The average Bonchev–Trinajstić information content (AvgIpc) is 1.61. The number of Topliss-reactive ketones (excluding diaryl/α,β-unsaturated/α-hetero) is 2. The lowest BCUT2D eigenvalue weighted by molar-refractivity contribution is -0.144. The molecule has 2 aliphatic carbocycles. The van der Waals surface area contributed by atoms with E-state index in [1.54, 1.807) is 14.1 Å². The average molecular weight is 2040 g/mol. The lowest BCUT2D eigenvalue weighted by Gasteiger charge is -2.32. The minimum Gasteiger partial charge on any atom is -0.383 e. The molecule has 2 fully saturated rings. The van der Waals surface area contributed by atoms with Gasteiger partial charge in [-0.3, -0.25) is 33.6 Å². The molecule has 0 bridgehead atoms. The zero-order valence-electron chi connectivity index (χ0n) is 79.2. The van der Waals surface area contributed by atoms with Crippen LogP contribution in [0.5, 0.6) is 0 Å². The van der Waals surface area contributed by atoms with Gasteiger partial charge in [0.25, 0.3) is 11.8 Å². The van der Waals surface area contributed by atoms with Gasteiger partial charge in [0.1, 0.15) is 12.1 Å². The standard InChI is InChI=1S/C20H28F6N2O.C19H23F5N2O3.C19H25F5N2O3.C18H22F6N2O.C16H20F6N2O/c1-11(2)7-16(27-12(3)4)17(29)28-18(5,6)13-8-14(19(21,22)23)10-15(9-13)20(24,25)26;1-17(20,21)11-5-12(7-13(6-11)19(22,23)24)18(3-4-18)8-14(27)9-26-16(28)15(25)10-29-2;1-17(2,8-14(27)9-26-16(28)15(25)10-29-4)11-5-12(18(3,20)21)7-13(6-11)19(22,23)24;1-10(2)6-14(25-3)15(27)26-16(4-5-16)11-7-12(17(19,20)21)9-13(8-11)18(22,23)24;1-9(2)4-13(23-3)14(25)24-8-10-5-11(15(17,18)19)7-12(6-10)16(20,21)22/h8-12,16,27H,7H2,1-6H3,(H,28,29);5-7,15H,3-4,8-10,25H2,1-2H3,(H,26,28);5-7,15H,8-10,25H2,1-4H3,(H,26,28);7-10,14,25H,4-6H2,1-3H3,(H,26,27);5-7,9,13,23H,4,8H2,1-3H3,(H,24,25)/t16-;2*15-;14-;13-/m11111/s1. The van der Waals surface area contributed by atoms with Crippen molar-refractivity contribution < 1.29 is 166 Å². The number of nitrogens with one attached hydrogen (secondary N) is 8. The van der Waals surface area contributed by atoms with Gasteiger partial charge in [-0.05, 0) is 215 Å². The zero-order chi connectivity index (χ0) is 107. The molecule has 0 unspecified atom stereocenters. The van der Waals surface area contributed by atoms with E-state index in [1.165, 1.54) is 41.9 Å². The summed E-state index contributed by atoms with van der Waals surface area (Å²) in [7, 11) is 5.85. The van der Waals surface area contributed by atoms with Crippen molar-refractivity contribution in [2.24, 2.45) is 29.2 Å². The number of ether oxygens (including phenoxy) is 2. The Morgan fingerprint density at radius 1 is 0.360 bits per heavy atom. The topological polar surface area (TPSA) is 286 Å². The molecule has 5 aromatic carbocycles. The molecular weight excluding hydrogens is 1920 g/mol. The largest absolute Gasteiger partial charge is 0.416 e. The van der Waals surface area contributed by atoms with E-state index in [1.807, 2.05) is 55.4 Å². The first kappa shape index (κ1) is 124. The highest BCUT2D eigenvalue weighted by molar-refractivity contribution is 5.90. The molecule has 0 aromatic heterocycles. The van der Waals surface area contributed by atoms with Crippen LogP contribution in [0.25, 0.3) is 0 Å². The first-order chi connectivity index (χ1) is 62.9. The molecule has 5 aromatic rings. The number of rotatable bonds is 37. The maximum Gasteiger partial charge on any atom is 0.416 e. The Morgan fingerprint density at radius 2 is 0.662 bits per heavy atom. The lowest BCUT2D eigenvalue weighted by Crippen LogP contribution is -2.52. The summed E-state index contributed by atoms with van der Waals surface area (Å²) in [5.41, 5.74) is -6.74. The van der Waals surface area contributed by atoms with Gasteiger partial charge in [-0.2, -0.15) is 105 Å². The predicted octanol–water partition coefficient (Wildman–Crippen LogP) is 20.0. The van der Waals surface area contributed by atoms with Gasteiger partial charge in [0, 0.05) is 70.0 Å². The van der Waals surface area contributed by atoms with Crippen LogP contribution >= 0.6 is 0 Å². The second-order valence-electron chi connectivity index (χ2n) is 36.9. The van der Waals surface area contributed by atoms with Crippen LogP contribution in [0.4, 0.5) is 123 Å². The van der Waals surface area contributed by atoms with Crippen LogP contribution in [0.2, 0.25) is 0 Å². The fraction of sp³-hybridized carbons (Fsp3) is 0.598. The molecule has 5 amide bonds. The van der Waals surface area contributed by atoms with Crippen LogP contribution in [-0.4, -0.2) is 132 Å². The van der Waals surface area contributed by atoms with Crippen molar-refractivity contribution in [2.75, 3.05) is 54.6 Å². The summed E-state index contributed by atoms with van der Waals surface area (Å²) >= 11 is 0. The van der Waals surface area contributed by atoms with E-state index in [9.17, 15) is 156 Å². The van der Waals surface area contributed by atoms with E-state index in [0.29, 0.717) is 94.5 Å². The molecule has 0 aliphatic heterocycles. The number of carbonyl (C=O) groups is 7. The molecule has 47 heteroatoms. The Kier molecular flexibility index (Phi) is 43.6. The Hall–Kier alpha value is -9.45. The second kappa shape index (κ2) is 49.0. The summed E-state index contributed by atoms with van der Waals surface area (Å²) in [5.74, 6) is -9.95. The number of methoxy groups -OCH3 is 2. The lowest BCUT2D eigenvalue weighted by atomic mass is 9.78. The summed E-state index contributed by atoms with van der Waals surface area (Å²) in [5, 5.41) is 21.0. The molecule has 2 saturated carbocycles. The Labute approximate surface area is 785 Å². The van der Waals surface area contributed by atoms with Crippen molar-refractivity contribution in [1.82, 2.24) is 42.5 Å². The normalized spacial score (nSPS) is 15.4. The Bertz CT molecular complexity index is 4620. The highest BCUT2D eigenvalue weighted by Crippen LogP contribution is 2.54. The van der Waals surface area contributed by atoms with Crippen LogP contribution in [0.1, 0.15) is 238 Å². The third kappa shape index (κ3) is 40.5. The van der Waals surface area contributed by atoms with Crippen molar-refractivity contribution in [3.8, 4) is 0 Å². The number of amides is 5. The minimum atomic E-state index is -4.95. The number of nitrogens with two attached hydrogens (primary N) is 2. The summed E-state index contributed by atoms with van der Waals surface area (Å²) in [6, 6.07) is 4.78. The van der Waals surface area contributed by atoms with Gasteiger partial charge in [0.2, 0.25) is 29.5 Å². The first-order valence-electron chi connectivity index (χ1n) is 43.1. The third-order valence-electron chi connectivity index (χ3n) is 21.7. The summed E-state index contributed by atoms with van der Waals surface area (Å²) in [6.07, 6.45) is -36.8. The van der Waals surface area contributed by atoms with Crippen molar-refractivity contribution in [1.29, 1.82) is 0 Å². The van der Waals surface area contributed by atoms with Crippen molar-refractivity contribution in [3.05, 3.63) is 174 Å². The number of likely N-dealkylation sites (N-methyl/N-ethyl adjacent to an activating group) is 2. The monoisotopic (exact) mass is 2040 g/mol. The number of hydrogen-bond donors (Lipinski definition) is 10. The van der Waals surface area contributed by atoms with Crippen LogP contribution in [0.15, 0.2) is 91.0 Å². The number of benzene rings is 5. The Balaban J connectivity index is 0.000000447. The minimum absolute atomic E-state index is 0.0296. The van der Waals surface area contributed by atoms with E-state index < -0.39 is 223 Å². The molecule has 0 radical (unpaired) electrons. The molecule has 19 nitrogen and oxygen atoms in total. The maximum absolute atomic E-state index is 13.7. The van der Waals surface area contributed by atoms with Crippen LogP contribution in [0.3, 0.4) is 0 Å². The number of alkyl halides is 28. The third-order valence-corrected chi connectivity index (χ3v) is 21.7. The van der Waals surface area contributed by atoms with Crippen LogP contribution in [-0.2, 0) is 133 Å². The quantitative estimate of drug-likeness (QED) is 0.0166. The number of ketones is 2. The summed E-state index contributed by atoms with van der Waals surface area (Å²) in [4.78, 5) is 85.2. The molecule has 5 atom stereocenters. The van der Waals surface area contributed by atoms with Gasteiger partial charge < -0.3 is 63.5 Å². The smallest absolute Gasteiger partial charge is 0.383 e. The van der Waals surface area contributed by atoms with Gasteiger partial charge in [-0.15, -0.1) is 0 Å². The van der Waals surface area contributed by atoms with Crippen molar-refractivity contribution in [3.63, 3.8) is 0 Å². The second-order valence-corrected chi connectivity index (χ2v) is 36.9. The fourth-order valence-electron chi connectivity index (χ4n) is 13.9. The zero-order valence-corrected chi connectivity index (χ0v) is 79.2. The Morgan fingerprint density at radius 3 is 0.993 bits per heavy atom. The molecule has 7 rings (SSSR count). The molecule has 786 valence electrons. The maximum atomic E-state index is 13.7. The van der Waals surface area contributed by atoms with Gasteiger partial charge in [0.15, 0.2) is 11.6 Å². The molecule has 139 heavy (non-hydrogen) atoms. The number of hydrogen-bond acceptors (Lipinski definition) is 14. The van der Waals surface area contributed by atoms with Gasteiger partial charge in [0.05, 0.1) is 100 Å². The number of carbonyl (C=O) groups excluding carboxylic acids is 7. The predicted molar refractivity (Wildman–Crippen MR) is 458 cm³/mol. The highest BCUT2D eigenvalue weighted by Gasteiger charge is 2.52. The molecular formula is C92H118F28N10O9. The molecule has 0 heterocycles. The van der Waals surface area contributed by atoms with Gasteiger partial charge in [-0.1, -0.05) is 69.2 Å². The number of halogens is 28. The molecule has 0 saturated heterocycles. The fourth-order valence-corrected chi connectivity index (χ4v) is 13.9. The van der Waals surface area contributed by atoms with Gasteiger partial charge >= 0.3 is 49.4 Å². The summed E-state index contributed by atoms with van der Waals surface area (Å²) in [6.45, 7) is 20.6. The van der Waals surface area contributed by atoms with Gasteiger partial charge in [-0.25, -0.2) is 17.6 Å². The van der Waals surface area contributed by atoms with Crippen molar-refractivity contribution >= 4 is 41.1 Å². The van der Waals surface area contributed by atoms with Crippen molar-refractivity contribution in [2.45, 2.75) is 281 Å². The van der Waals surface area contributed by atoms with Crippen LogP contribution < -0.4 is 54.0 Å².